The number of benzene rings is 1. The third-order valence-electron chi connectivity index (χ3n) is 3.59. The number of ketones is 2. The summed E-state index contributed by atoms with van der Waals surface area (Å²) in [6.45, 7) is 1.96. The Morgan fingerprint density at radius 3 is 2.57 bits per heavy atom. The van der Waals surface area contributed by atoms with Crippen LogP contribution in [-0.2, 0) is 25.5 Å². The van der Waals surface area contributed by atoms with Crippen molar-refractivity contribution in [1.29, 1.82) is 0 Å². The van der Waals surface area contributed by atoms with Crippen LogP contribution in [0.25, 0.3) is 0 Å². The molecule has 5 heteroatoms. The molecule has 4 nitrogen and oxygen atoms in total. The molecule has 3 atom stereocenters. The van der Waals surface area contributed by atoms with Crippen molar-refractivity contribution in [3.63, 3.8) is 0 Å². The Balaban J connectivity index is 2.04. The molecule has 0 aromatic heterocycles. The number of thioether (sulfide) groups is 1. The number of carbonyl (C=O) groups is 3. The molecule has 0 spiro atoms. The number of carbonyl (C=O) groups excluding carboxylic acids is 3. The lowest BCUT2D eigenvalue weighted by Crippen LogP contribution is -2.30. The number of ether oxygens (including phenoxy) is 1. The highest BCUT2D eigenvalue weighted by Crippen LogP contribution is 2.25. The van der Waals surface area contributed by atoms with E-state index in [1.807, 2.05) is 31.4 Å². The minimum absolute atomic E-state index is 0.0805. The summed E-state index contributed by atoms with van der Waals surface area (Å²) in [5.74, 6) is -2.71. The molecule has 0 N–H and O–H groups in total. The Morgan fingerprint density at radius 1 is 1.29 bits per heavy atom. The van der Waals surface area contributed by atoms with Crippen LogP contribution >= 0.6 is 11.8 Å². The van der Waals surface area contributed by atoms with Gasteiger partial charge < -0.3 is 4.74 Å². The molecule has 1 aromatic rings. The molecule has 21 heavy (non-hydrogen) atoms. The number of cyclic esters (lactones) is 1. The van der Waals surface area contributed by atoms with Crippen LogP contribution in [0.5, 0.6) is 0 Å². The number of esters is 1. The molecule has 112 valence electrons. The van der Waals surface area contributed by atoms with Gasteiger partial charge in [-0.3, -0.25) is 14.4 Å². The molecule has 1 saturated heterocycles. The lowest BCUT2D eigenvalue weighted by Gasteiger charge is -2.12. The van der Waals surface area contributed by atoms with Gasteiger partial charge in [0.1, 0.15) is 0 Å². The lowest BCUT2D eigenvalue weighted by molar-refractivity contribution is -0.146. The highest BCUT2D eigenvalue weighted by atomic mass is 32.2. The largest absolute Gasteiger partial charge is 0.453 e. The molecular weight excluding hydrogens is 288 g/mol. The average Bonchev–Trinajstić information content (AvgIpc) is 2.74. The van der Waals surface area contributed by atoms with Crippen LogP contribution in [0.15, 0.2) is 30.3 Å². The Labute approximate surface area is 128 Å². The zero-order valence-electron chi connectivity index (χ0n) is 12.1. The molecule has 1 heterocycles. The third-order valence-corrected chi connectivity index (χ3v) is 4.58. The molecule has 1 fully saturated rings. The van der Waals surface area contributed by atoms with E-state index in [1.165, 1.54) is 0 Å². The zero-order chi connectivity index (χ0) is 15.4. The maximum absolute atomic E-state index is 12.2. The van der Waals surface area contributed by atoms with Gasteiger partial charge >= 0.3 is 5.97 Å². The second-order valence-corrected chi connectivity index (χ2v) is 6.45. The van der Waals surface area contributed by atoms with Crippen molar-refractivity contribution in [1.82, 2.24) is 0 Å². The lowest BCUT2D eigenvalue weighted by atomic mass is 9.93. The standard InChI is InChI=1S/C16H18O4S/c1-10(21-2)8-13-15(18)14(16(19)20-13)12(17)9-11-6-4-3-5-7-11/h3-7,10,13-14H,8-9H2,1-2H3. The molecule has 1 aromatic carbocycles. The minimum atomic E-state index is -1.25. The number of hydrogen-bond donors (Lipinski definition) is 0. The van der Waals surface area contributed by atoms with Crippen LogP contribution in [0.3, 0.4) is 0 Å². The van der Waals surface area contributed by atoms with E-state index in [-0.39, 0.29) is 23.2 Å². The molecule has 2 rings (SSSR count). The van der Waals surface area contributed by atoms with E-state index in [1.54, 1.807) is 23.9 Å². The predicted molar refractivity (Wildman–Crippen MR) is 81.1 cm³/mol. The van der Waals surface area contributed by atoms with Crippen molar-refractivity contribution >= 4 is 29.3 Å². The summed E-state index contributed by atoms with van der Waals surface area (Å²) in [6, 6.07) is 9.09. The van der Waals surface area contributed by atoms with Gasteiger partial charge in [-0.25, -0.2) is 0 Å². The van der Waals surface area contributed by atoms with E-state index >= 15 is 0 Å². The van der Waals surface area contributed by atoms with Crippen LogP contribution in [0.2, 0.25) is 0 Å². The first-order valence-corrected chi connectivity index (χ1v) is 8.15. The van der Waals surface area contributed by atoms with Crippen molar-refractivity contribution in [3.05, 3.63) is 35.9 Å². The fourth-order valence-electron chi connectivity index (χ4n) is 2.32. The van der Waals surface area contributed by atoms with Crippen molar-refractivity contribution in [2.75, 3.05) is 6.26 Å². The fraction of sp³-hybridized carbons (Fsp3) is 0.438. The number of rotatable bonds is 6. The SMILES string of the molecule is CSC(C)CC1OC(=O)C(C(=O)Cc2ccccc2)C1=O. The first-order valence-electron chi connectivity index (χ1n) is 6.86. The highest BCUT2D eigenvalue weighted by molar-refractivity contribution is 7.99. The summed E-state index contributed by atoms with van der Waals surface area (Å²) in [5.41, 5.74) is 0.795. The van der Waals surface area contributed by atoms with E-state index in [2.05, 4.69) is 0 Å². The van der Waals surface area contributed by atoms with Crippen molar-refractivity contribution in [2.45, 2.75) is 31.1 Å². The first-order chi connectivity index (χ1) is 10.0. The normalized spacial score (nSPS) is 23.0. The number of Topliss-reactive ketones (excluding diaryl/α,β-unsaturated/α-hetero) is 2. The summed E-state index contributed by atoms with van der Waals surface area (Å²) < 4.78 is 5.09. The van der Waals surface area contributed by atoms with Crippen LogP contribution in [-0.4, -0.2) is 35.1 Å². The first kappa shape index (κ1) is 15.8. The van der Waals surface area contributed by atoms with Gasteiger partial charge in [0.15, 0.2) is 23.6 Å². The molecule has 0 bridgehead atoms. The van der Waals surface area contributed by atoms with Crippen molar-refractivity contribution in [3.8, 4) is 0 Å². The summed E-state index contributed by atoms with van der Waals surface area (Å²) in [7, 11) is 0. The quantitative estimate of drug-likeness (QED) is 0.594. The number of hydrogen-bond acceptors (Lipinski definition) is 5. The molecule has 1 aliphatic rings. The summed E-state index contributed by atoms with van der Waals surface area (Å²) in [4.78, 5) is 36.3. The van der Waals surface area contributed by atoms with E-state index in [4.69, 9.17) is 4.74 Å². The molecule has 0 aliphatic carbocycles. The average molecular weight is 306 g/mol. The summed E-state index contributed by atoms with van der Waals surface area (Å²) >= 11 is 1.60. The van der Waals surface area contributed by atoms with Gasteiger partial charge in [0.25, 0.3) is 0 Å². The smallest absolute Gasteiger partial charge is 0.325 e. The van der Waals surface area contributed by atoms with Gasteiger partial charge in [-0.2, -0.15) is 11.8 Å². The van der Waals surface area contributed by atoms with Crippen LogP contribution in [0, 0.1) is 5.92 Å². The molecule has 1 aliphatic heterocycles. The van der Waals surface area contributed by atoms with Crippen molar-refractivity contribution < 1.29 is 19.1 Å². The summed E-state index contributed by atoms with van der Waals surface area (Å²) in [5, 5.41) is 0.203. The molecule has 0 saturated carbocycles. The maximum Gasteiger partial charge on any atom is 0.325 e. The monoisotopic (exact) mass is 306 g/mol. The van der Waals surface area contributed by atoms with E-state index in [0.29, 0.717) is 6.42 Å². The van der Waals surface area contributed by atoms with Crippen LogP contribution in [0.1, 0.15) is 18.9 Å². The Bertz CT molecular complexity index is 540. The van der Waals surface area contributed by atoms with Crippen LogP contribution in [0.4, 0.5) is 0 Å². The Hall–Kier alpha value is -1.62. The van der Waals surface area contributed by atoms with Gasteiger partial charge in [-0.05, 0) is 11.8 Å². The zero-order valence-corrected chi connectivity index (χ0v) is 12.9. The van der Waals surface area contributed by atoms with Gasteiger partial charge in [-0.15, -0.1) is 0 Å². The highest BCUT2D eigenvalue weighted by Gasteiger charge is 2.47. The molecule has 0 amide bonds. The maximum atomic E-state index is 12.2. The van der Waals surface area contributed by atoms with Gasteiger partial charge in [-0.1, -0.05) is 37.3 Å². The van der Waals surface area contributed by atoms with E-state index < -0.39 is 18.0 Å². The van der Waals surface area contributed by atoms with Crippen molar-refractivity contribution in [2.24, 2.45) is 5.92 Å². The van der Waals surface area contributed by atoms with E-state index in [0.717, 1.165) is 5.56 Å². The van der Waals surface area contributed by atoms with Gasteiger partial charge in [0.2, 0.25) is 0 Å². The molecule has 3 unspecified atom stereocenters. The van der Waals surface area contributed by atoms with Gasteiger partial charge in [0.05, 0.1) is 0 Å². The topological polar surface area (TPSA) is 60.4 Å². The molecular formula is C16H18O4S. The minimum Gasteiger partial charge on any atom is -0.453 e. The second kappa shape index (κ2) is 6.89. The summed E-state index contributed by atoms with van der Waals surface area (Å²) in [6.07, 6.45) is 1.70. The third kappa shape index (κ3) is 3.73. The van der Waals surface area contributed by atoms with Gasteiger partial charge in [0, 0.05) is 18.1 Å². The molecule has 0 radical (unpaired) electrons. The predicted octanol–water partition coefficient (Wildman–Crippen LogP) is 2.05. The fourth-order valence-corrected chi connectivity index (χ4v) is 2.69. The van der Waals surface area contributed by atoms with Crippen LogP contribution < -0.4 is 0 Å². The van der Waals surface area contributed by atoms with E-state index in [9.17, 15) is 14.4 Å². The Morgan fingerprint density at radius 2 is 1.95 bits per heavy atom. The second-order valence-electron chi connectivity index (χ2n) is 5.17. The Kier molecular flexibility index (Phi) is 5.17.